The minimum atomic E-state index is -3.43. The molecule has 1 unspecified atom stereocenters. The van der Waals surface area contributed by atoms with Gasteiger partial charge in [-0.2, -0.15) is 0 Å². The summed E-state index contributed by atoms with van der Waals surface area (Å²) >= 11 is 3.16. The van der Waals surface area contributed by atoms with Gasteiger partial charge in [-0.05, 0) is 42.0 Å². The van der Waals surface area contributed by atoms with E-state index in [9.17, 15) is 13.5 Å². The Hall–Kier alpha value is -3.15. The van der Waals surface area contributed by atoms with E-state index in [1.807, 2.05) is 59.3 Å². The van der Waals surface area contributed by atoms with Gasteiger partial charge in [0.1, 0.15) is 11.5 Å². The van der Waals surface area contributed by atoms with Gasteiger partial charge in [-0.25, -0.2) is 13.7 Å². The van der Waals surface area contributed by atoms with Gasteiger partial charge in [-0.15, -0.1) is 22.7 Å². The Labute approximate surface area is 223 Å². The molecule has 37 heavy (non-hydrogen) atoms. The highest BCUT2D eigenvalue weighted by Crippen LogP contribution is 2.37. The van der Waals surface area contributed by atoms with Crippen LogP contribution in [0, 0.1) is 0 Å². The van der Waals surface area contributed by atoms with Crippen LogP contribution in [0.4, 0.5) is 5.69 Å². The van der Waals surface area contributed by atoms with Gasteiger partial charge in [0.2, 0.25) is 10.0 Å². The molecule has 0 saturated heterocycles. The molecule has 5 rings (SSSR count). The summed E-state index contributed by atoms with van der Waals surface area (Å²) in [5, 5.41) is 20.0. The minimum absolute atomic E-state index is 0.0863. The molecule has 2 heterocycles. The topological polar surface area (TPSA) is 96.9 Å². The van der Waals surface area contributed by atoms with Crippen molar-refractivity contribution in [2.24, 2.45) is 0 Å². The molecule has 0 fully saturated rings. The smallest absolute Gasteiger partial charge is 0.310 e. The van der Waals surface area contributed by atoms with Gasteiger partial charge in [0.15, 0.2) is 0 Å². The summed E-state index contributed by atoms with van der Waals surface area (Å²) in [5.41, 5.74) is 0.925. The lowest BCUT2D eigenvalue weighted by Crippen LogP contribution is -2.53. The average molecular weight is 555 g/mol. The van der Waals surface area contributed by atoms with Crippen molar-refractivity contribution in [2.75, 3.05) is 17.5 Å². The first-order valence-electron chi connectivity index (χ1n) is 11.5. The van der Waals surface area contributed by atoms with Crippen LogP contribution in [0.15, 0.2) is 83.6 Å². The molecule has 2 aromatic heterocycles. The Morgan fingerprint density at radius 3 is 2.03 bits per heavy atom. The Balaban J connectivity index is 1.41. The fourth-order valence-electron chi connectivity index (χ4n) is 4.00. The summed E-state index contributed by atoms with van der Waals surface area (Å²) in [6.45, 7) is 1.86. The van der Waals surface area contributed by atoms with Crippen molar-refractivity contribution in [2.45, 2.75) is 18.9 Å². The molecule has 0 radical (unpaired) electrons. The van der Waals surface area contributed by atoms with Crippen LogP contribution in [-0.2, 0) is 10.0 Å². The molecule has 3 N–H and O–H groups in total. The van der Waals surface area contributed by atoms with Crippen LogP contribution in [0.3, 0.4) is 0 Å². The predicted octanol–water partition coefficient (Wildman–Crippen LogP) is 5.94. The summed E-state index contributed by atoms with van der Waals surface area (Å²) in [5.74, 6) is 0.0186. The zero-order chi connectivity index (χ0) is 26.0. The van der Waals surface area contributed by atoms with Crippen molar-refractivity contribution in [3.05, 3.63) is 89.1 Å². The summed E-state index contributed by atoms with van der Waals surface area (Å²) < 4.78 is 40.7. The highest BCUT2D eigenvalue weighted by molar-refractivity contribution is 7.92. The molecule has 0 aliphatic rings. The van der Waals surface area contributed by atoms with E-state index in [1.54, 1.807) is 53.9 Å². The third kappa shape index (κ3) is 6.06. The van der Waals surface area contributed by atoms with E-state index >= 15 is 0 Å². The number of fused-ring (bicyclic) bond motifs is 2. The third-order valence-electron chi connectivity index (χ3n) is 5.69. The van der Waals surface area contributed by atoms with E-state index in [0.717, 1.165) is 26.4 Å². The van der Waals surface area contributed by atoms with Gasteiger partial charge < -0.3 is 14.6 Å². The maximum atomic E-state index is 11.6. The lowest BCUT2D eigenvalue weighted by atomic mass is 10.1. The zero-order valence-electron chi connectivity index (χ0n) is 20.2. The number of nitrogens with one attached hydrogen (secondary N) is 2. The lowest BCUT2D eigenvalue weighted by Gasteiger charge is -2.32. The van der Waals surface area contributed by atoms with Gasteiger partial charge in [0.25, 0.3) is 0 Å². The maximum Gasteiger partial charge on any atom is 0.310 e. The van der Waals surface area contributed by atoms with Crippen molar-refractivity contribution >= 4 is 58.6 Å². The van der Waals surface area contributed by atoms with Crippen LogP contribution in [0.1, 0.15) is 18.6 Å². The number of sulfonamides is 1. The monoisotopic (exact) mass is 554 g/mol. The Morgan fingerprint density at radius 1 is 0.892 bits per heavy atom. The SMILES string of the molecule is CC(NCC(O)c1cccc(NS(C)(=O)=O)c1)(Oc1csc2ccccc12)Oc1csc2ccccc12. The van der Waals surface area contributed by atoms with Crippen LogP contribution in [0.2, 0.25) is 0 Å². The molecule has 1 atom stereocenters. The van der Waals surface area contributed by atoms with E-state index in [-0.39, 0.29) is 6.54 Å². The number of anilines is 1. The van der Waals surface area contributed by atoms with Crippen LogP contribution >= 0.6 is 22.7 Å². The fraction of sp³-hybridized carbons (Fsp3) is 0.185. The molecule has 7 nitrogen and oxygen atoms in total. The Bertz CT molecular complexity index is 1570. The minimum Gasteiger partial charge on any atom is -0.438 e. The quantitative estimate of drug-likeness (QED) is 0.185. The van der Waals surface area contributed by atoms with Gasteiger partial charge in [-0.1, -0.05) is 36.4 Å². The number of aliphatic hydroxyl groups is 1. The van der Waals surface area contributed by atoms with Crippen molar-refractivity contribution < 1.29 is 23.0 Å². The lowest BCUT2D eigenvalue weighted by molar-refractivity contribution is -0.127. The van der Waals surface area contributed by atoms with E-state index < -0.39 is 22.0 Å². The first kappa shape index (κ1) is 25.5. The molecule has 0 spiro atoms. The molecule has 0 aliphatic carbocycles. The molecule has 10 heteroatoms. The second kappa shape index (κ2) is 10.3. The number of rotatable bonds is 10. The summed E-state index contributed by atoms with van der Waals surface area (Å²) in [7, 11) is -3.43. The highest BCUT2D eigenvalue weighted by atomic mass is 32.2. The molecular weight excluding hydrogens is 529 g/mol. The zero-order valence-corrected chi connectivity index (χ0v) is 22.6. The number of hydrogen-bond donors (Lipinski definition) is 3. The van der Waals surface area contributed by atoms with Crippen LogP contribution < -0.4 is 19.5 Å². The molecule has 3 aromatic carbocycles. The molecule has 0 amide bonds. The average Bonchev–Trinajstić information content (AvgIpc) is 3.46. The molecule has 0 saturated carbocycles. The summed E-state index contributed by atoms with van der Waals surface area (Å²) in [4.78, 5) is 0. The number of aliphatic hydroxyl groups excluding tert-OH is 1. The highest BCUT2D eigenvalue weighted by Gasteiger charge is 2.32. The van der Waals surface area contributed by atoms with Crippen molar-refractivity contribution in [3.8, 4) is 11.5 Å². The van der Waals surface area contributed by atoms with E-state index in [4.69, 9.17) is 9.47 Å². The second-order valence-corrected chi connectivity index (χ2v) is 12.3. The molecule has 0 bridgehead atoms. The third-order valence-corrected chi connectivity index (χ3v) is 8.18. The number of hydrogen-bond acceptors (Lipinski definition) is 8. The first-order chi connectivity index (χ1) is 17.7. The van der Waals surface area contributed by atoms with E-state index in [0.29, 0.717) is 22.7 Å². The van der Waals surface area contributed by atoms with Crippen LogP contribution in [0.5, 0.6) is 11.5 Å². The largest absolute Gasteiger partial charge is 0.438 e. The molecule has 0 aliphatic heterocycles. The standard InChI is InChI=1S/C27H26N2O5S3/c1-27(33-23-16-35-25-12-5-3-10-20(23)25,34-24-17-36-26-13-6-4-11-21(24)26)28-15-22(30)18-8-7-9-19(14-18)29-37(2,31)32/h3-14,16-17,22,28-30H,15H2,1-2H3. The van der Waals surface area contributed by atoms with Crippen LogP contribution in [-0.4, -0.2) is 32.2 Å². The maximum absolute atomic E-state index is 11.6. The van der Waals surface area contributed by atoms with Gasteiger partial charge in [-0.3, -0.25) is 4.72 Å². The molecular formula is C27H26N2O5S3. The number of benzene rings is 3. The van der Waals surface area contributed by atoms with Crippen molar-refractivity contribution in [1.82, 2.24) is 5.32 Å². The van der Waals surface area contributed by atoms with Gasteiger partial charge in [0.05, 0.1) is 12.4 Å². The van der Waals surface area contributed by atoms with Gasteiger partial charge in [0, 0.05) is 50.1 Å². The first-order valence-corrected chi connectivity index (χ1v) is 15.2. The predicted molar refractivity (Wildman–Crippen MR) is 151 cm³/mol. The molecule has 192 valence electrons. The second-order valence-electron chi connectivity index (χ2n) is 8.74. The van der Waals surface area contributed by atoms with E-state index in [1.165, 1.54) is 0 Å². The Morgan fingerprint density at radius 2 is 1.46 bits per heavy atom. The van der Waals surface area contributed by atoms with Gasteiger partial charge >= 0.3 is 5.91 Å². The molecule has 5 aromatic rings. The van der Waals surface area contributed by atoms with Crippen LogP contribution in [0.25, 0.3) is 20.2 Å². The van der Waals surface area contributed by atoms with Crippen molar-refractivity contribution in [3.63, 3.8) is 0 Å². The Kier molecular flexibility index (Phi) is 7.11. The normalized spacial score (nSPS) is 13.1. The van der Waals surface area contributed by atoms with E-state index in [2.05, 4.69) is 10.0 Å². The fourth-order valence-corrected chi connectivity index (χ4v) is 6.28. The summed E-state index contributed by atoms with van der Waals surface area (Å²) in [6.07, 6.45) is 0.131. The number of ether oxygens (including phenoxy) is 2. The van der Waals surface area contributed by atoms with Crippen molar-refractivity contribution in [1.29, 1.82) is 0 Å². The summed E-state index contributed by atoms with van der Waals surface area (Å²) in [6, 6.07) is 22.6. The number of thiophene rings is 2.